The number of hydrogen-bond acceptors (Lipinski definition) is 4. The number of amides is 2. The fraction of sp³-hybridized carbons (Fsp3) is 0.471. The molecule has 0 radical (unpaired) electrons. The number of benzene rings is 1. The number of imidazole rings is 1. The Kier molecular flexibility index (Phi) is 6.74. The molecule has 7 heteroatoms. The third kappa shape index (κ3) is 5.06. The smallest absolute Gasteiger partial charge is 0.240 e. The van der Waals surface area contributed by atoms with Crippen LogP contribution >= 0.6 is 0 Å². The lowest BCUT2D eigenvalue weighted by Gasteiger charge is -2.10. The van der Waals surface area contributed by atoms with Gasteiger partial charge in [-0.25, -0.2) is 4.98 Å². The second kappa shape index (κ2) is 9.02. The molecule has 0 saturated heterocycles. The third-order valence-electron chi connectivity index (χ3n) is 3.61. The first-order chi connectivity index (χ1) is 11.6. The van der Waals surface area contributed by atoms with Crippen LogP contribution in [0.5, 0.6) is 0 Å². The Hall–Kier alpha value is -2.41. The summed E-state index contributed by atoms with van der Waals surface area (Å²) < 4.78 is 6.87. The van der Waals surface area contributed by atoms with Crippen LogP contribution in [0.25, 0.3) is 11.0 Å². The Morgan fingerprint density at radius 1 is 1.21 bits per heavy atom. The van der Waals surface area contributed by atoms with Crippen molar-refractivity contribution in [2.45, 2.75) is 26.3 Å². The Balaban J connectivity index is 2.07. The summed E-state index contributed by atoms with van der Waals surface area (Å²) in [6, 6.07) is 7.71. The fourth-order valence-electron chi connectivity index (χ4n) is 2.49. The summed E-state index contributed by atoms with van der Waals surface area (Å²) in [4.78, 5) is 27.8. The van der Waals surface area contributed by atoms with Gasteiger partial charge in [-0.1, -0.05) is 12.1 Å². The van der Waals surface area contributed by atoms with Crippen LogP contribution in [0.2, 0.25) is 0 Å². The zero-order chi connectivity index (χ0) is 17.4. The highest BCUT2D eigenvalue weighted by molar-refractivity contribution is 5.81. The number of hydrogen-bond donors (Lipinski definition) is 2. The topological polar surface area (TPSA) is 85.2 Å². The maximum Gasteiger partial charge on any atom is 0.240 e. The molecule has 0 unspecified atom stereocenters. The number of nitrogens with one attached hydrogen (secondary N) is 2. The fourth-order valence-corrected chi connectivity index (χ4v) is 2.49. The lowest BCUT2D eigenvalue weighted by Crippen LogP contribution is -2.30. The molecule has 0 bridgehead atoms. The Morgan fingerprint density at radius 3 is 2.75 bits per heavy atom. The Labute approximate surface area is 141 Å². The van der Waals surface area contributed by atoms with Crippen molar-refractivity contribution in [2.24, 2.45) is 0 Å². The number of aromatic nitrogens is 2. The van der Waals surface area contributed by atoms with Crippen LogP contribution in [0.1, 0.15) is 19.2 Å². The molecule has 2 N–H and O–H groups in total. The van der Waals surface area contributed by atoms with E-state index >= 15 is 0 Å². The summed E-state index contributed by atoms with van der Waals surface area (Å²) in [5, 5.41) is 5.65. The zero-order valence-corrected chi connectivity index (χ0v) is 14.2. The molecule has 0 aliphatic carbocycles. The minimum absolute atomic E-state index is 0.0602. The summed E-state index contributed by atoms with van der Waals surface area (Å²) in [7, 11) is 1.64. The quantitative estimate of drug-likeness (QED) is 0.667. The van der Waals surface area contributed by atoms with Gasteiger partial charge in [0.1, 0.15) is 12.4 Å². The molecule has 130 valence electrons. The monoisotopic (exact) mass is 332 g/mol. The van der Waals surface area contributed by atoms with Crippen LogP contribution in [0, 0.1) is 0 Å². The van der Waals surface area contributed by atoms with Gasteiger partial charge in [-0.15, -0.1) is 0 Å². The van der Waals surface area contributed by atoms with Crippen LogP contribution in [0.3, 0.4) is 0 Å². The summed E-state index contributed by atoms with van der Waals surface area (Å²) in [6.07, 6.45) is 1.35. The molecule has 7 nitrogen and oxygen atoms in total. The molecule has 0 aliphatic rings. The van der Waals surface area contributed by atoms with Crippen LogP contribution in [0.4, 0.5) is 0 Å². The highest BCUT2D eigenvalue weighted by Gasteiger charge is 2.13. The molecule has 1 aromatic carbocycles. The Bertz CT molecular complexity index is 696. The molecule has 0 spiro atoms. The van der Waals surface area contributed by atoms with Crippen molar-refractivity contribution < 1.29 is 14.3 Å². The van der Waals surface area contributed by atoms with Crippen molar-refractivity contribution in [3.05, 3.63) is 30.1 Å². The maximum absolute atomic E-state index is 12.2. The van der Waals surface area contributed by atoms with Crippen molar-refractivity contribution in [2.75, 3.05) is 26.8 Å². The lowest BCUT2D eigenvalue weighted by molar-refractivity contribution is -0.122. The minimum atomic E-state index is -0.0754. The summed E-state index contributed by atoms with van der Waals surface area (Å²) in [5.74, 6) is 0.653. The van der Waals surface area contributed by atoms with Crippen molar-refractivity contribution in [1.82, 2.24) is 20.2 Å². The van der Waals surface area contributed by atoms with Crippen LogP contribution in [-0.2, 0) is 27.3 Å². The van der Waals surface area contributed by atoms with Crippen LogP contribution in [0.15, 0.2) is 24.3 Å². The number of fused-ring (bicyclic) bond motifs is 1. The first-order valence-corrected chi connectivity index (χ1v) is 8.06. The number of carbonyl (C=O) groups is 2. The first kappa shape index (κ1) is 17.9. The van der Waals surface area contributed by atoms with Gasteiger partial charge in [-0.3, -0.25) is 9.59 Å². The summed E-state index contributed by atoms with van der Waals surface area (Å²) in [6.45, 7) is 3.39. The summed E-state index contributed by atoms with van der Waals surface area (Å²) >= 11 is 0. The number of carbonyl (C=O) groups excluding carboxylic acids is 2. The van der Waals surface area contributed by atoms with Crippen LogP contribution < -0.4 is 10.6 Å². The number of nitrogens with zero attached hydrogens (tertiary/aromatic N) is 2. The molecule has 2 amide bonds. The van der Waals surface area contributed by atoms with Gasteiger partial charge in [0, 0.05) is 40.2 Å². The van der Waals surface area contributed by atoms with Crippen LogP contribution in [-0.4, -0.2) is 48.2 Å². The van der Waals surface area contributed by atoms with Gasteiger partial charge < -0.3 is 19.9 Å². The molecule has 2 aromatic rings. The van der Waals surface area contributed by atoms with E-state index in [2.05, 4.69) is 15.6 Å². The number of rotatable bonds is 9. The largest absolute Gasteiger partial charge is 0.385 e. The molecule has 24 heavy (non-hydrogen) atoms. The maximum atomic E-state index is 12.2. The highest BCUT2D eigenvalue weighted by atomic mass is 16.5. The average Bonchev–Trinajstić information content (AvgIpc) is 2.89. The van der Waals surface area contributed by atoms with Gasteiger partial charge >= 0.3 is 0 Å². The zero-order valence-electron chi connectivity index (χ0n) is 14.2. The second-order valence-electron chi connectivity index (χ2n) is 5.53. The highest BCUT2D eigenvalue weighted by Crippen LogP contribution is 2.16. The predicted molar refractivity (Wildman–Crippen MR) is 91.6 cm³/mol. The SMILES string of the molecule is COCCCNC(=O)Cn1c(CCNC(C)=O)nc2ccccc21. The van der Waals surface area contributed by atoms with E-state index in [1.807, 2.05) is 28.8 Å². The molecular weight excluding hydrogens is 308 g/mol. The van der Waals surface area contributed by atoms with E-state index in [1.54, 1.807) is 7.11 Å². The van der Waals surface area contributed by atoms with Crippen molar-refractivity contribution in [3.63, 3.8) is 0 Å². The van der Waals surface area contributed by atoms with Gasteiger partial charge in [0.25, 0.3) is 0 Å². The van der Waals surface area contributed by atoms with E-state index in [-0.39, 0.29) is 18.4 Å². The number of ether oxygens (including phenoxy) is 1. The van der Waals surface area contributed by atoms with Crippen molar-refractivity contribution in [1.29, 1.82) is 0 Å². The lowest BCUT2D eigenvalue weighted by atomic mass is 10.3. The molecule has 0 atom stereocenters. The minimum Gasteiger partial charge on any atom is -0.385 e. The van der Waals surface area contributed by atoms with E-state index in [1.165, 1.54) is 6.92 Å². The molecule has 1 heterocycles. The van der Waals surface area contributed by atoms with Gasteiger partial charge in [0.05, 0.1) is 11.0 Å². The molecule has 0 fully saturated rings. The molecule has 2 rings (SSSR count). The number of para-hydroxylation sites is 2. The van der Waals surface area contributed by atoms with E-state index in [4.69, 9.17) is 4.74 Å². The molecule has 0 saturated carbocycles. The molecule has 1 aromatic heterocycles. The van der Waals surface area contributed by atoms with Gasteiger partial charge in [-0.2, -0.15) is 0 Å². The van der Waals surface area contributed by atoms with E-state index in [0.717, 1.165) is 23.3 Å². The van der Waals surface area contributed by atoms with Gasteiger partial charge in [0.2, 0.25) is 11.8 Å². The van der Waals surface area contributed by atoms with E-state index < -0.39 is 0 Å². The third-order valence-corrected chi connectivity index (χ3v) is 3.61. The summed E-state index contributed by atoms with van der Waals surface area (Å²) in [5.41, 5.74) is 1.77. The average molecular weight is 332 g/mol. The molecule has 0 aliphatic heterocycles. The van der Waals surface area contributed by atoms with Crippen molar-refractivity contribution in [3.8, 4) is 0 Å². The Morgan fingerprint density at radius 2 is 2.00 bits per heavy atom. The van der Waals surface area contributed by atoms with E-state index in [9.17, 15) is 9.59 Å². The first-order valence-electron chi connectivity index (χ1n) is 8.06. The van der Waals surface area contributed by atoms with E-state index in [0.29, 0.717) is 26.1 Å². The van der Waals surface area contributed by atoms with Crippen molar-refractivity contribution >= 4 is 22.8 Å². The number of methoxy groups -OCH3 is 1. The second-order valence-corrected chi connectivity index (χ2v) is 5.53. The van der Waals surface area contributed by atoms with Gasteiger partial charge in [0.15, 0.2) is 0 Å². The molecular formula is C17H24N4O3. The standard InChI is InChI=1S/C17H24N4O3/c1-13(22)18-10-8-16-20-14-6-3-4-7-15(14)21(16)12-17(23)19-9-5-11-24-2/h3-4,6-7H,5,8-12H2,1-2H3,(H,18,22)(H,19,23). The predicted octanol–water partition coefficient (Wildman–Crippen LogP) is 0.868. The normalized spacial score (nSPS) is 10.8. The van der Waals surface area contributed by atoms with Gasteiger partial charge in [-0.05, 0) is 18.6 Å².